The van der Waals surface area contributed by atoms with E-state index in [1.54, 1.807) is 19.4 Å². The molecule has 0 unspecified atom stereocenters. The summed E-state index contributed by atoms with van der Waals surface area (Å²) in [5.74, 6) is 5.74. The van der Waals surface area contributed by atoms with Crippen LogP contribution in [0.4, 0.5) is 0 Å². The van der Waals surface area contributed by atoms with Gasteiger partial charge in [-0.1, -0.05) is 6.07 Å². The average Bonchev–Trinajstić information content (AvgIpc) is 2.07. The number of nitrogens with zero attached hydrogens (tertiary/aromatic N) is 1. The van der Waals surface area contributed by atoms with Crippen molar-refractivity contribution < 1.29 is 4.74 Å². The molecule has 0 aromatic carbocycles. The Balaban J connectivity index is 2.66. The van der Waals surface area contributed by atoms with Gasteiger partial charge in [0.05, 0.1) is 7.11 Å². The molecule has 0 aliphatic carbocycles. The number of nitrogens with two attached hydrogens (primary N) is 1. The van der Waals surface area contributed by atoms with E-state index in [2.05, 4.69) is 10.4 Å². The number of ether oxygens (including phenoxy) is 1. The predicted molar refractivity (Wildman–Crippen MR) is 41.8 cm³/mol. The van der Waals surface area contributed by atoms with Gasteiger partial charge in [0.1, 0.15) is 0 Å². The van der Waals surface area contributed by atoms with Crippen LogP contribution in [-0.2, 0) is 6.54 Å². The first-order valence-electron chi connectivity index (χ1n) is 3.29. The Morgan fingerprint density at radius 1 is 1.64 bits per heavy atom. The molecule has 0 atom stereocenters. The van der Waals surface area contributed by atoms with Crippen LogP contribution in [0.1, 0.15) is 5.56 Å². The van der Waals surface area contributed by atoms with Gasteiger partial charge in [0.15, 0.2) is 0 Å². The van der Waals surface area contributed by atoms with Gasteiger partial charge >= 0.3 is 0 Å². The van der Waals surface area contributed by atoms with Crippen LogP contribution in [0.2, 0.25) is 0 Å². The first kappa shape index (κ1) is 7.97. The number of hydrogen-bond acceptors (Lipinski definition) is 4. The molecule has 0 fully saturated rings. The predicted octanol–water partition coefficient (Wildman–Crippen LogP) is 0.0535. The Bertz CT molecular complexity index is 209. The number of hydrazine groups is 1. The van der Waals surface area contributed by atoms with Gasteiger partial charge in [-0.15, -0.1) is 0 Å². The highest BCUT2D eigenvalue weighted by atomic mass is 16.5. The third-order valence-corrected chi connectivity index (χ3v) is 1.31. The molecule has 60 valence electrons. The number of aromatic nitrogens is 1. The van der Waals surface area contributed by atoms with Crippen molar-refractivity contribution in [2.45, 2.75) is 6.54 Å². The monoisotopic (exact) mass is 153 g/mol. The second-order valence-electron chi connectivity index (χ2n) is 2.09. The Morgan fingerprint density at radius 3 is 2.91 bits per heavy atom. The van der Waals surface area contributed by atoms with E-state index in [0.29, 0.717) is 12.4 Å². The summed E-state index contributed by atoms with van der Waals surface area (Å²) >= 11 is 0. The molecule has 1 heterocycles. The number of pyridine rings is 1. The molecule has 1 rings (SSSR count). The van der Waals surface area contributed by atoms with Gasteiger partial charge in [0.2, 0.25) is 5.88 Å². The van der Waals surface area contributed by atoms with Crippen LogP contribution in [0.3, 0.4) is 0 Å². The highest BCUT2D eigenvalue weighted by Crippen LogP contribution is 2.05. The van der Waals surface area contributed by atoms with Crippen molar-refractivity contribution in [3.63, 3.8) is 0 Å². The molecule has 0 radical (unpaired) electrons. The maximum Gasteiger partial charge on any atom is 0.212 e. The minimum Gasteiger partial charge on any atom is -0.481 e. The van der Waals surface area contributed by atoms with Gasteiger partial charge in [-0.05, 0) is 5.56 Å². The third kappa shape index (κ3) is 2.18. The van der Waals surface area contributed by atoms with E-state index >= 15 is 0 Å². The second kappa shape index (κ2) is 3.90. The van der Waals surface area contributed by atoms with Crippen LogP contribution < -0.4 is 16.0 Å². The molecule has 0 amide bonds. The summed E-state index contributed by atoms with van der Waals surface area (Å²) < 4.78 is 4.88. The fourth-order valence-corrected chi connectivity index (χ4v) is 0.754. The Labute approximate surface area is 65.4 Å². The van der Waals surface area contributed by atoms with Gasteiger partial charge in [-0.3, -0.25) is 11.3 Å². The second-order valence-corrected chi connectivity index (χ2v) is 2.09. The SMILES string of the molecule is COc1ccc(CNN)cn1. The zero-order valence-corrected chi connectivity index (χ0v) is 6.37. The van der Waals surface area contributed by atoms with E-state index in [1.807, 2.05) is 6.07 Å². The molecule has 0 bridgehead atoms. The molecule has 4 heteroatoms. The fraction of sp³-hybridized carbons (Fsp3) is 0.286. The van der Waals surface area contributed by atoms with Gasteiger partial charge in [-0.25, -0.2) is 4.98 Å². The molecule has 0 saturated heterocycles. The molecule has 11 heavy (non-hydrogen) atoms. The topological polar surface area (TPSA) is 60.2 Å². The molecule has 3 N–H and O–H groups in total. The highest BCUT2D eigenvalue weighted by molar-refractivity contribution is 5.17. The van der Waals surface area contributed by atoms with Gasteiger partial charge in [0, 0.05) is 18.8 Å². The molecule has 1 aromatic heterocycles. The summed E-state index contributed by atoms with van der Waals surface area (Å²) in [6.45, 7) is 0.622. The largest absolute Gasteiger partial charge is 0.481 e. The van der Waals surface area contributed by atoms with E-state index in [1.165, 1.54) is 0 Å². The van der Waals surface area contributed by atoms with Crippen molar-refractivity contribution in [2.75, 3.05) is 7.11 Å². The number of hydrogen-bond donors (Lipinski definition) is 2. The third-order valence-electron chi connectivity index (χ3n) is 1.31. The molecule has 0 aliphatic rings. The number of methoxy groups -OCH3 is 1. The number of nitrogens with one attached hydrogen (secondary N) is 1. The lowest BCUT2D eigenvalue weighted by atomic mass is 10.3. The van der Waals surface area contributed by atoms with Crippen LogP contribution in [0.25, 0.3) is 0 Å². The van der Waals surface area contributed by atoms with Crippen molar-refractivity contribution in [3.8, 4) is 5.88 Å². The van der Waals surface area contributed by atoms with Crippen molar-refractivity contribution in [1.82, 2.24) is 10.4 Å². The first-order chi connectivity index (χ1) is 5.36. The van der Waals surface area contributed by atoms with E-state index in [4.69, 9.17) is 10.6 Å². The summed E-state index contributed by atoms with van der Waals surface area (Å²) in [6, 6.07) is 3.71. The van der Waals surface area contributed by atoms with Crippen molar-refractivity contribution >= 4 is 0 Å². The van der Waals surface area contributed by atoms with E-state index in [9.17, 15) is 0 Å². The fourth-order valence-electron chi connectivity index (χ4n) is 0.754. The van der Waals surface area contributed by atoms with Crippen molar-refractivity contribution in [2.24, 2.45) is 5.84 Å². The highest BCUT2D eigenvalue weighted by Gasteiger charge is 1.92. The maximum absolute atomic E-state index is 5.12. The maximum atomic E-state index is 5.12. The first-order valence-corrected chi connectivity index (χ1v) is 3.29. The summed E-state index contributed by atoms with van der Waals surface area (Å²) in [4.78, 5) is 4.00. The lowest BCUT2D eigenvalue weighted by Gasteiger charge is -2.00. The van der Waals surface area contributed by atoms with Gasteiger partial charge < -0.3 is 4.74 Å². The molecule has 0 saturated carbocycles. The average molecular weight is 153 g/mol. The summed E-state index contributed by atoms with van der Waals surface area (Å²) in [5, 5.41) is 0. The molecular formula is C7H11N3O. The zero-order valence-electron chi connectivity index (χ0n) is 6.37. The molecule has 1 aromatic rings. The summed E-state index contributed by atoms with van der Waals surface area (Å²) in [6.07, 6.45) is 1.72. The van der Waals surface area contributed by atoms with Crippen LogP contribution in [0, 0.1) is 0 Å². The lowest BCUT2D eigenvalue weighted by molar-refractivity contribution is 0.397. The minimum atomic E-state index is 0.616. The van der Waals surface area contributed by atoms with Gasteiger partial charge in [0.25, 0.3) is 0 Å². The Kier molecular flexibility index (Phi) is 2.83. The quantitative estimate of drug-likeness (QED) is 0.476. The van der Waals surface area contributed by atoms with Crippen LogP contribution >= 0.6 is 0 Å². The van der Waals surface area contributed by atoms with E-state index in [-0.39, 0.29) is 0 Å². The van der Waals surface area contributed by atoms with E-state index < -0.39 is 0 Å². The normalized spacial score (nSPS) is 9.64. The number of rotatable bonds is 3. The van der Waals surface area contributed by atoms with Crippen LogP contribution in [0.5, 0.6) is 5.88 Å². The summed E-state index contributed by atoms with van der Waals surface area (Å²) in [5.41, 5.74) is 3.58. The zero-order chi connectivity index (χ0) is 8.10. The Morgan fingerprint density at radius 2 is 2.45 bits per heavy atom. The lowest BCUT2D eigenvalue weighted by Crippen LogP contribution is -2.20. The van der Waals surface area contributed by atoms with E-state index in [0.717, 1.165) is 5.56 Å². The van der Waals surface area contributed by atoms with Crippen LogP contribution in [0.15, 0.2) is 18.3 Å². The van der Waals surface area contributed by atoms with Crippen molar-refractivity contribution in [3.05, 3.63) is 23.9 Å². The Hall–Kier alpha value is -1.13. The minimum absolute atomic E-state index is 0.616. The molecular weight excluding hydrogens is 142 g/mol. The molecule has 4 nitrogen and oxygen atoms in total. The van der Waals surface area contributed by atoms with Gasteiger partial charge in [-0.2, -0.15) is 0 Å². The molecule has 0 aliphatic heterocycles. The summed E-state index contributed by atoms with van der Waals surface area (Å²) in [7, 11) is 1.59. The standard InChI is InChI=1S/C7H11N3O/c1-11-7-3-2-6(4-9-7)5-10-8/h2-4,10H,5,8H2,1H3. The van der Waals surface area contributed by atoms with Crippen molar-refractivity contribution in [1.29, 1.82) is 0 Å². The smallest absolute Gasteiger partial charge is 0.212 e. The molecule has 0 spiro atoms. The van der Waals surface area contributed by atoms with Crippen LogP contribution in [-0.4, -0.2) is 12.1 Å².